The van der Waals surface area contributed by atoms with Gasteiger partial charge in [-0.05, 0) is 123 Å². The van der Waals surface area contributed by atoms with Crippen LogP contribution < -0.4 is 4.72 Å². The van der Waals surface area contributed by atoms with Crippen LogP contribution in [0, 0.1) is 52.3 Å². The summed E-state index contributed by atoms with van der Waals surface area (Å²) in [5.41, 5.74) is 0.431. The predicted molar refractivity (Wildman–Crippen MR) is 160 cm³/mol. The van der Waals surface area contributed by atoms with Crippen molar-refractivity contribution in [3.05, 3.63) is 0 Å². The minimum atomic E-state index is -3.66. The van der Waals surface area contributed by atoms with Gasteiger partial charge in [-0.15, -0.1) is 0 Å². The molecule has 5 rings (SSSR count). The molecule has 5 aliphatic rings. The van der Waals surface area contributed by atoms with E-state index in [0.29, 0.717) is 48.3 Å². The molecule has 236 valence electrons. The van der Waals surface area contributed by atoms with Gasteiger partial charge in [0.05, 0.1) is 24.1 Å². The number of aliphatic hydroxyl groups is 2. The Morgan fingerprint density at radius 1 is 0.951 bits per heavy atom. The number of carbonyl (C=O) groups excluding carboxylic acids is 1. The van der Waals surface area contributed by atoms with Gasteiger partial charge in [0.15, 0.2) is 0 Å². The average Bonchev–Trinajstić information content (AvgIpc) is 3.29. The van der Waals surface area contributed by atoms with Crippen LogP contribution in [-0.4, -0.2) is 48.8 Å². The zero-order chi connectivity index (χ0) is 29.6. The summed E-state index contributed by atoms with van der Waals surface area (Å²) >= 11 is 0. The van der Waals surface area contributed by atoms with Crippen LogP contribution in [0.15, 0.2) is 0 Å². The SMILES string of the molecule is CC[C@H]1[C@@H](O)[C@@H]2[C@H](CC[C@]3(C)C([C@H](C)CCCOC(=O)NS(=O)(=O)C4CCCCC4)CC[C@@H]23)[C@@]2(C)CC[C@@H](O)C[C@@H]12. The van der Waals surface area contributed by atoms with E-state index in [1.807, 2.05) is 0 Å². The quantitative estimate of drug-likeness (QED) is 0.279. The smallest absolute Gasteiger partial charge is 0.420 e. The van der Waals surface area contributed by atoms with Crippen LogP contribution in [0.5, 0.6) is 0 Å². The van der Waals surface area contributed by atoms with Gasteiger partial charge in [-0.25, -0.2) is 17.9 Å². The third-order valence-corrected chi connectivity index (χ3v) is 15.2. The summed E-state index contributed by atoms with van der Waals surface area (Å²) in [7, 11) is -3.66. The molecule has 0 bridgehead atoms. The molecule has 5 fully saturated rings. The molecule has 0 spiro atoms. The maximum absolute atomic E-state index is 12.5. The number of nitrogens with one attached hydrogen (secondary N) is 1. The zero-order valence-corrected chi connectivity index (χ0v) is 26.8. The summed E-state index contributed by atoms with van der Waals surface area (Å²) in [6, 6.07) is 0. The van der Waals surface area contributed by atoms with Crippen molar-refractivity contribution in [3.63, 3.8) is 0 Å². The van der Waals surface area contributed by atoms with Gasteiger partial charge < -0.3 is 14.9 Å². The molecule has 0 aromatic heterocycles. The van der Waals surface area contributed by atoms with E-state index in [4.69, 9.17) is 4.74 Å². The molecule has 41 heavy (non-hydrogen) atoms. The lowest BCUT2D eigenvalue weighted by Gasteiger charge is -2.64. The second kappa shape index (κ2) is 12.3. The first-order valence-electron chi connectivity index (χ1n) is 17.0. The van der Waals surface area contributed by atoms with E-state index in [1.165, 1.54) is 25.7 Å². The molecule has 1 amide bonds. The highest BCUT2D eigenvalue weighted by atomic mass is 32.2. The van der Waals surface area contributed by atoms with E-state index >= 15 is 0 Å². The highest BCUT2D eigenvalue weighted by Gasteiger charge is 2.64. The largest absolute Gasteiger partial charge is 0.449 e. The van der Waals surface area contributed by atoms with Crippen molar-refractivity contribution < 1.29 is 28.2 Å². The van der Waals surface area contributed by atoms with Crippen molar-refractivity contribution in [3.8, 4) is 0 Å². The lowest BCUT2D eigenvalue weighted by atomic mass is 9.41. The molecule has 0 heterocycles. The number of aliphatic hydroxyl groups excluding tert-OH is 2. The van der Waals surface area contributed by atoms with Gasteiger partial charge in [-0.1, -0.05) is 53.4 Å². The van der Waals surface area contributed by atoms with Crippen LogP contribution in [0.2, 0.25) is 0 Å². The Balaban J connectivity index is 1.16. The van der Waals surface area contributed by atoms with E-state index in [0.717, 1.165) is 57.8 Å². The first-order valence-corrected chi connectivity index (χ1v) is 18.5. The lowest BCUT2D eigenvalue weighted by Crippen LogP contribution is -2.62. The summed E-state index contributed by atoms with van der Waals surface area (Å²) in [6.45, 7) is 9.78. The van der Waals surface area contributed by atoms with Gasteiger partial charge in [-0.3, -0.25) is 0 Å². The standard InChI is InChI=1S/C33H57NO6S/c1-5-24-28-20-22(35)15-17-33(28,4)27-16-18-32(3)25(13-14-26(32)29(27)30(24)36)21(2)10-9-19-40-31(37)34-41(38,39)23-11-7-6-8-12-23/h21-30,35-36H,5-20H2,1-4H3,(H,34,37)/t21-,22-,24-,25?,26+,27+,28+,29+,30-,32-,33-/m1/s1. The molecular weight excluding hydrogens is 538 g/mol. The van der Waals surface area contributed by atoms with Crippen molar-refractivity contribution in [2.24, 2.45) is 52.3 Å². The molecule has 1 unspecified atom stereocenters. The number of carbonyl (C=O) groups is 1. The summed E-state index contributed by atoms with van der Waals surface area (Å²) in [6.07, 6.45) is 13.0. The zero-order valence-electron chi connectivity index (χ0n) is 26.0. The molecule has 5 aliphatic carbocycles. The molecule has 0 radical (unpaired) electrons. The Bertz CT molecular complexity index is 1030. The van der Waals surface area contributed by atoms with Crippen LogP contribution in [0.25, 0.3) is 0 Å². The Morgan fingerprint density at radius 3 is 2.34 bits per heavy atom. The third kappa shape index (κ3) is 5.84. The number of hydrogen-bond acceptors (Lipinski definition) is 6. The van der Waals surface area contributed by atoms with Gasteiger partial charge in [-0.2, -0.15) is 0 Å². The minimum Gasteiger partial charge on any atom is -0.449 e. The highest BCUT2D eigenvalue weighted by molar-refractivity contribution is 7.90. The number of rotatable bonds is 8. The van der Waals surface area contributed by atoms with Gasteiger partial charge in [0.2, 0.25) is 10.0 Å². The number of amides is 1. The summed E-state index contributed by atoms with van der Waals surface area (Å²) < 4.78 is 32.5. The molecule has 7 nitrogen and oxygen atoms in total. The normalized spacial score (nSPS) is 43.9. The number of hydrogen-bond donors (Lipinski definition) is 3. The van der Waals surface area contributed by atoms with Crippen LogP contribution in [-0.2, 0) is 14.8 Å². The Kier molecular flexibility index (Phi) is 9.44. The molecule has 0 aromatic carbocycles. The summed E-state index contributed by atoms with van der Waals surface area (Å²) in [4.78, 5) is 12.3. The second-order valence-electron chi connectivity index (χ2n) is 15.3. The van der Waals surface area contributed by atoms with Crippen molar-refractivity contribution in [1.29, 1.82) is 0 Å². The molecule has 5 saturated carbocycles. The molecule has 3 N–H and O–H groups in total. The Hall–Kier alpha value is -0.860. The number of sulfonamides is 1. The van der Waals surface area contributed by atoms with Gasteiger partial charge >= 0.3 is 6.09 Å². The fraction of sp³-hybridized carbons (Fsp3) is 0.970. The number of fused-ring (bicyclic) bond motifs is 5. The second-order valence-corrected chi connectivity index (χ2v) is 17.2. The molecule has 0 saturated heterocycles. The van der Waals surface area contributed by atoms with Crippen LogP contribution >= 0.6 is 0 Å². The molecular formula is C33H57NO6S. The summed E-state index contributed by atoms with van der Waals surface area (Å²) in [5.74, 6) is 3.19. The molecule has 11 atom stereocenters. The maximum atomic E-state index is 12.5. The molecule has 8 heteroatoms. The van der Waals surface area contributed by atoms with E-state index in [1.54, 1.807) is 0 Å². The van der Waals surface area contributed by atoms with Gasteiger partial charge in [0.1, 0.15) is 0 Å². The van der Waals surface area contributed by atoms with Crippen molar-refractivity contribution in [2.75, 3.05) is 6.61 Å². The third-order valence-electron chi connectivity index (χ3n) is 13.4. The van der Waals surface area contributed by atoms with Crippen molar-refractivity contribution in [2.45, 2.75) is 141 Å². The first-order chi connectivity index (χ1) is 19.4. The fourth-order valence-electron chi connectivity index (χ4n) is 11.3. The minimum absolute atomic E-state index is 0.212. The van der Waals surface area contributed by atoms with E-state index in [2.05, 4.69) is 32.4 Å². The van der Waals surface area contributed by atoms with Gasteiger partial charge in [0, 0.05) is 0 Å². The van der Waals surface area contributed by atoms with Gasteiger partial charge in [0.25, 0.3) is 0 Å². The Morgan fingerprint density at radius 2 is 1.63 bits per heavy atom. The highest BCUT2D eigenvalue weighted by Crippen LogP contribution is 2.69. The predicted octanol–water partition coefficient (Wildman–Crippen LogP) is 6.42. The van der Waals surface area contributed by atoms with Crippen LogP contribution in [0.1, 0.15) is 124 Å². The van der Waals surface area contributed by atoms with E-state index in [-0.39, 0.29) is 35.6 Å². The lowest BCUT2D eigenvalue weighted by molar-refractivity contribution is -0.203. The Labute approximate surface area is 249 Å². The topological polar surface area (TPSA) is 113 Å². The molecule has 0 aromatic rings. The number of ether oxygens (including phenoxy) is 1. The first kappa shape index (κ1) is 31.6. The van der Waals surface area contributed by atoms with E-state index in [9.17, 15) is 23.4 Å². The van der Waals surface area contributed by atoms with Crippen LogP contribution in [0.4, 0.5) is 4.79 Å². The average molecular weight is 596 g/mol. The van der Waals surface area contributed by atoms with Crippen molar-refractivity contribution >= 4 is 16.1 Å². The van der Waals surface area contributed by atoms with E-state index < -0.39 is 21.4 Å². The fourth-order valence-corrected chi connectivity index (χ4v) is 12.7. The van der Waals surface area contributed by atoms with Crippen molar-refractivity contribution in [1.82, 2.24) is 4.72 Å². The molecule has 0 aliphatic heterocycles. The van der Waals surface area contributed by atoms with Crippen LogP contribution in [0.3, 0.4) is 0 Å². The maximum Gasteiger partial charge on any atom is 0.420 e. The monoisotopic (exact) mass is 595 g/mol. The summed E-state index contributed by atoms with van der Waals surface area (Å²) in [5, 5.41) is 21.9.